The van der Waals surface area contributed by atoms with Gasteiger partial charge in [-0.05, 0) is 24.6 Å². The number of nitrogens with zero attached hydrogens (tertiary/aromatic N) is 2. The van der Waals surface area contributed by atoms with Gasteiger partial charge in [-0.3, -0.25) is 9.59 Å². The summed E-state index contributed by atoms with van der Waals surface area (Å²) in [4.78, 5) is 25.3. The Morgan fingerprint density at radius 3 is 2.77 bits per heavy atom. The van der Waals surface area contributed by atoms with Gasteiger partial charge in [0.2, 0.25) is 11.8 Å². The summed E-state index contributed by atoms with van der Waals surface area (Å²) in [7, 11) is 0. The highest BCUT2D eigenvalue weighted by Crippen LogP contribution is 2.33. The van der Waals surface area contributed by atoms with Gasteiger partial charge in [-0.25, -0.2) is 0 Å². The summed E-state index contributed by atoms with van der Waals surface area (Å²) in [6, 6.07) is 12.0. The molecular weight excluding hydrogens is 278 g/mol. The lowest BCUT2D eigenvalue weighted by Crippen LogP contribution is -2.43. The normalized spacial score (nSPS) is 17.1. The number of nitrogens with two attached hydrogens (primary N) is 1. The third-order valence-electron chi connectivity index (χ3n) is 4.04. The summed E-state index contributed by atoms with van der Waals surface area (Å²) in [5.41, 5.74) is 8.45. The Labute approximate surface area is 129 Å². The van der Waals surface area contributed by atoms with E-state index in [1.807, 2.05) is 43.5 Å². The van der Waals surface area contributed by atoms with E-state index in [9.17, 15) is 9.59 Å². The van der Waals surface area contributed by atoms with Gasteiger partial charge >= 0.3 is 0 Å². The molecule has 2 amide bonds. The van der Waals surface area contributed by atoms with Gasteiger partial charge in [0.25, 0.3) is 0 Å². The van der Waals surface area contributed by atoms with Crippen molar-refractivity contribution >= 4 is 11.8 Å². The fraction of sp³-hybridized carbons (Fsp3) is 0.294. The van der Waals surface area contributed by atoms with Crippen molar-refractivity contribution in [1.82, 2.24) is 9.47 Å². The van der Waals surface area contributed by atoms with Gasteiger partial charge in [0, 0.05) is 25.0 Å². The Balaban J connectivity index is 2.03. The standard InChI is InChI=1S/C17H19N3O2/c1-12-4-2-5-13(10-12)17-14-6-3-7-19(14)8-9-20(17)16(22)11-15(18)21/h2-7,10,17H,8-9,11H2,1H3,(H2,18,21). The number of primary amides is 1. The van der Waals surface area contributed by atoms with Crippen LogP contribution in [-0.2, 0) is 16.1 Å². The fourth-order valence-electron chi connectivity index (χ4n) is 3.09. The van der Waals surface area contributed by atoms with E-state index < -0.39 is 5.91 Å². The zero-order valence-electron chi connectivity index (χ0n) is 12.5. The molecule has 22 heavy (non-hydrogen) atoms. The minimum absolute atomic E-state index is 0.171. The van der Waals surface area contributed by atoms with Gasteiger partial charge < -0.3 is 15.2 Å². The zero-order valence-corrected chi connectivity index (χ0v) is 12.5. The molecule has 5 nitrogen and oxygen atoms in total. The van der Waals surface area contributed by atoms with Crippen LogP contribution in [0, 0.1) is 6.92 Å². The Kier molecular flexibility index (Phi) is 3.71. The number of fused-ring (bicyclic) bond motifs is 1. The molecule has 2 N–H and O–H groups in total. The molecule has 1 unspecified atom stereocenters. The first-order chi connectivity index (χ1) is 10.6. The summed E-state index contributed by atoms with van der Waals surface area (Å²) in [6.07, 6.45) is 1.77. The monoisotopic (exact) mass is 297 g/mol. The van der Waals surface area contributed by atoms with Crippen LogP contribution in [-0.4, -0.2) is 27.8 Å². The minimum Gasteiger partial charge on any atom is -0.369 e. The first-order valence-corrected chi connectivity index (χ1v) is 7.35. The number of hydrogen-bond acceptors (Lipinski definition) is 2. The summed E-state index contributed by atoms with van der Waals surface area (Å²) in [5.74, 6) is -0.805. The predicted octanol–water partition coefficient (Wildman–Crippen LogP) is 1.60. The van der Waals surface area contributed by atoms with E-state index in [4.69, 9.17) is 5.73 Å². The smallest absolute Gasteiger partial charge is 0.232 e. The van der Waals surface area contributed by atoms with Crippen molar-refractivity contribution in [2.24, 2.45) is 5.73 Å². The second-order valence-corrected chi connectivity index (χ2v) is 5.67. The van der Waals surface area contributed by atoms with E-state index in [1.54, 1.807) is 4.90 Å². The third-order valence-corrected chi connectivity index (χ3v) is 4.04. The van der Waals surface area contributed by atoms with E-state index >= 15 is 0 Å². The molecule has 0 fully saturated rings. The van der Waals surface area contributed by atoms with Crippen molar-refractivity contribution in [1.29, 1.82) is 0 Å². The maximum Gasteiger partial charge on any atom is 0.232 e. The van der Waals surface area contributed by atoms with Crippen molar-refractivity contribution in [3.8, 4) is 0 Å². The number of hydrogen-bond donors (Lipinski definition) is 1. The van der Waals surface area contributed by atoms with E-state index in [2.05, 4.69) is 10.6 Å². The first kappa shape index (κ1) is 14.4. The van der Waals surface area contributed by atoms with Crippen LogP contribution in [0.1, 0.15) is 29.3 Å². The Hall–Kier alpha value is -2.56. The average Bonchev–Trinajstić information content (AvgIpc) is 2.93. The lowest BCUT2D eigenvalue weighted by molar-refractivity contribution is -0.137. The predicted molar refractivity (Wildman–Crippen MR) is 83.0 cm³/mol. The minimum atomic E-state index is -0.589. The number of rotatable bonds is 3. The number of aromatic nitrogens is 1. The molecule has 2 heterocycles. The van der Waals surface area contributed by atoms with Crippen molar-refractivity contribution in [2.45, 2.75) is 25.9 Å². The number of carbonyl (C=O) groups is 2. The largest absolute Gasteiger partial charge is 0.369 e. The molecule has 1 aromatic carbocycles. The van der Waals surface area contributed by atoms with Crippen molar-refractivity contribution in [3.63, 3.8) is 0 Å². The van der Waals surface area contributed by atoms with Gasteiger partial charge in [0.05, 0.1) is 6.04 Å². The van der Waals surface area contributed by atoms with Crippen molar-refractivity contribution < 1.29 is 9.59 Å². The summed E-state index contributed by atoms with van der Waals surface area (Å²) in [5, 5.41) is 0. The molecule has 3 rings (SSSR count). The number of benzene rings is 1. The first-order valence-electron chi connectivity index (χ1n) is 7.35. The SMILES string of the molecule is Cc1cccc(C2c3cccn3CCN2C(=O)CC(N)=O)c1. The molecule has 2 aromatic rings. The number of carbonyl (C=O) groups excluding carboxylic acids is 2. The molecule has 0 bridgehead atoms. The van der Waals surface area contributed by atoms with Crippen LogP contribution < -0.4 is 5.73 Å². The van der Waals surface area contributed by atoms with Gasteiger partial charge in [0.15, 0.2) is 0 Å². The summed E-state index contributed by atoms with van der Waals surface area (Å²) in [6.45, 7) is 3.34. The molecule has 0 spiro atoms. The van der Waals surface area contributed by atoms with E-state index in [0.29, 0.717) is 6.54 Å². The molecule has 1 aliphatic heterocycles. The molecule has 0 aliphatic carbocycles. The van der Waals surface area contributed by atoms with Crippen LogP contribution in [0.25, 0.3) is 0 Å². The highest BCUT2D eigenvalue weighted by atomic mass is 16.2. The molecule has 1 aliphatic rings. The number of aryl methyl sites for hydroxylation is 1. The Bertz CT molecular complexity index is 720. The molecule has 1 aromatic heterocycles. The molecule has 1 atom stereocenters. The molecular formula is C17H19N3O2. The van der Waals surface area contributed by atoms with Crippen LogP contribution in [0.3, 0.4) is 0 Å². The van der Waals surface area contributed by atoms with Gasteiger partial charge in [-0.2, -0.15) is 0 Å². The molecule has 0 saturated carbocycles. The Morgan fingerprint density at radius 2 is 2.05 bits per heavy atom. The third kappa shape index (κ3) is 2.62. The molecule has 0 saturated heterocycles. The lowest BCUT2D eigenvalue weighted by atomic mass is 9.98. The van der Waals surface area contributed by atoms with E-state index in [1.165, 1.54) is 0 Å². The molecule has 5 heteroatoms. The second kappa shape index (κ2) is 5.67. The zero-order chi connectivity index (χ0) is 15.7. The van der Waals surface area contributed by atoms with Gasteiger partial charge in [-0.15, -0.1) is 0 Å². The quantitative estimate of drug-likeness (QED) is 0.874. The highest BCUT2D eigenvalue weighted by molar-refractivity contribution is 5.96. The van der Waals surface area contributed by atoms with Crippen molar-refractivity contribution in [2.75, 3.05) is 6.54 Å². The van der Waals surface area contributed by atoms with E-state index in [-0.39, 0.29) is 18.4 Å². The average molecular weight is 297 g/mol. The highest BCUT2D eigenvalue weighted by Gasteiger charge is 2.32. The van der Waals surface area contributed by atoms with Gasteiger partial charge in [0.1, 0.15) is 6.42 Å². The topological polar surface area (TPSA) is 68.3 Å². The number of amides is 2. The van der Waals surface area contributed by atoms with Crippen molar-refractivity contribution in [3.05, 3.63) is 59.4 Å². The van der Waals surface area contributed by atoms with Crippen LogP contribution >= 0.6 is 0 Å². The molecule has 0 radical (unpaired) electrons. The van der Waals surface area contributed by atoms with Crippen LogP contribution in [0.2, 0.25) is 0 Å². The fourth-order valence-corrected chi connectivity index (χ4v) is 3.09. The summed E-state index contributed by atoms with van der Waals surface area (Å²) >= 11 is 0. The Morgan fingerprint density at radius 1 is 1.23 bits per heavy atom. The summed E-state index contributed by atoms with van der Waals surface area (Å²) < 4.78 is 2.15. The maximum atomic E-state index is 12.4. The van der Waals surface area contributed by atoms with E-state index in [0.717, 1.165) is 23.4 Å². The second-order valence-electron chi connectivity index (χ2n) is 5.67. The van der Waals surface area contributed by atoms with Crippen LogP contribution in [0.5, 0.6) is 0 Å². The van der Waals surface area contributed by atoms with Gasteiger partial charge in [-0.1, -0.05) is 29.8 Å². The maximum absolute atomic E-state index is 12.4. The lowest BCUT2D eigenvalue weighted by Gasteiger charge is -2.37. The molecule has 114 valence electrons. The van der Waals surface area contributed by atoms with Crippen LogP contribution in [0.15, 0.2) is 42.6 Å². The van der Waals surface area contributed by atoms with Crippen LogP contribution in [0.4, 0.5) is 0 Å².